The lowest BCUT2D eigenvalue weighted by molar-refractivity contribution is 0.286. The normalized spacial score (nSPS) is 23.5. The van der Waals surface area contributed by atoms with Crippen molar-refractivity contribution < 1.29 is 13.5 Å². The molecule has 1 aliphatic heterocycles. The van der Waals surface area contributed by atoms with E-state index in [1.165, 1.54) is 0 Å². The third kappa shape index (κ3) is 3.43. The second-order valence-electron chi connectivity index (χ2n) is 4.06. The Bertz CT molecular complexity index is 276. The van der Waals surface area contributed by atoms with Gasteiger partial charge in [-0.25, -0.2) is 8.42 Å². The summed E-state index contributed by atoms with van der Waals surface area (Å²) in [5.74, 6) is 0.185. The van der Waals surface area contributed by atoms with E-state index in [0.717, 1.165) is 19.3 Å². The number of sulfonamides is 1. The molecule has 0 bridgehead atoms. The molecule has 0 spiro atoms. The van der Waals surface area contributed by atoms with Gasteiger partial charge in [0.15, 0.2) is 0 Å². The third-order valence-corrected chi connectivity index (χ3v) is 4.96. The molecule has 1 N–H and O–H groups in total. The molecule has 1 fully saturated rings. The fraction of sp³-hybridized carbons (Fsp3) is 1.00. The summed E-state index contributed by atoms with van der Waals surface area (Å²) in [6.07, 6.45) is 4.02. The highest BCUT2D eigenvalue weighted by atomic mass is 32.2. The SMILES string of the molecule is CCC1CCCN1S(=O)(=O)CCCCO. The van der Waals surface area contributed by atoms with Crippen molar-refractivity contribution in [3.8, 4) is 0 Å². The zero-order chi connectivity index (χ0) is 11.3. The van der Waals surface area contributed by atoms with Crippen molar-refractivity contribution >= 4 is 10.0 Å². The average molecular weight is 235 g/mol. The van der Waals surface area contributed by atoms with Crippen molar-refractivity contribution in [2.24, 2.45) is 0 Å². The molecule has 0 aliphatic carbocycles. The first-order valence-corrected chi connectivity index (χ1v) is 7.33. The van der Waals surface area contributed by atoms with E-state index >= 15 is 0 Å². The highest BCUT2D eigenvalue weighted by molar-refractivity contribution is 7.89. The molecule has 0 saturated carbocycles. The minimum Gasteiger partial charge on any atom is -0.396 e. The lowest BCUT2D eigenvalue weighted by Crippen LogP contribution is -2.36. The van der Waals surface area contributed by atoms with Crippen LogP contribution in [0.25, 0.3) is 0 Å². The zero-order valence-electron chi connectivity index (χ0n) is 9.35. The van der Waals surface area contributed by atoms with Crippen LogP contribution in [0, 0.1) is 0 Å². The van der Waals surface area contributed by atoms with Gasteiger partial charge in [-0.05, 0) is 32.1 Å². The number of aliphatic hydroxyl groups is 1. The average Bonchev–Trinajstić information content (AvgIpc) is 2.66. The minimum atomic E-state index is -3.07. The Morgan fingerprint density at radius 1 is 1.40 bits per heavy atom. The van der Waals surface area contributed by atoms with E-state index < -0.39 is 10.0 Å². The van der Waals surface area contributed by atoms with E-state index in [2.05, 4.69) is 0 Å². The van der Waals surface area contributed by atoms with Crippen LogP contribution in [-0.4, -0.2) is 42.8 Å². The van der Waals surface area contributed by atoms with E-state index in [-0.39, 0.29) is 18.4 Å². The summed E-state index contributed by atoms with van der Waals surface area (Å²) in [4.78, 5) is 0. The van der Waals surface area contributed by atoms with Gasteiger partial charge in [0, 0.05) is 19.2 Å². The van der Waals surface area contributed by atoms with Gasteiger partial charge in [0.05, 0.1) is 5.75 Å². The van der Waals surface area contributed by atoms with E-state index in [4.69, 9.17) is 5.11 Å². The Balaban J connectivity index is 2.52. The Labute approximate surface area is 92.3 Å². The van der Waals surface area contributed by atoms with Gasteiger partial charge in [0.2, 0.25) is 10.0 Å². The number of aliphatic hydroxyl groups excluding tert-OH is 1. The number of unbranched alkanes of at least 4 members (excludes halogenated alkanes) is 1. The first-order valence-electron chi connectivity index (χ1n) is 5.72. The van der Waals surface area contributed by atoms with Crippen LogP contribution in [0.5, 0.6) is 0 Å². The maximum atomic E-state index is 11.9. The molecule has 0 amide bonds. The standard InChI is InChI=1S/C10H21NO3S/c1-2-10-6-5-7-11(10)15(13,14)9-4-3-8-12/h10,12H,2-9H2,1H3. The topological polar surface area (TPSA) is 57.6 Å². The largest absolute Gasteiger partial charge is 0.396 e. The van der Waals surface area contributed by atoms with Gasteiger partial charge in [0.1, 0.15) is 0 Å². The molecule has 0 aromatic carbocycles. The van der Waals surface area contributed by atoms with Crippen molar-refractivity contribution in [2.45, 2.75) is 45.1 Å². The van der Waals surface area contributed by atoms with Gasteiger partial charge < -0.3 is 5.11 Å². The highest BCUT2D eigenvalue weighted by Crippen LogP contribution is 2.23. The molecule has 15 heavy (non-hydrogen) atoms. The summed E-state index contributed by atoms with van der Waals surface area (Å²) in [6.45, 7) is 2.79. The molecular formula is C10H21NO3S. The summed E-state index contributed by atoms with van der Waals surface area (Å²) in [7, 11) is -3.07. The Kier molecular flexibility index (Phi) is 5.02. The molecule has 0 aromatic heterocycles. The summed E-state index contributed by atoms with van der Waals surface area (Å²) < 4.78 is 25.5. The van der Waals surface area contributed by atoms with Gasteiger partial charge in [-0.2, -0.15) is 4.31 Å². The molecule has 1 rings (SSSR count). The van der Waals surface area contributed by atoms with Crippen LogP contribution in [-0.2, 0) is 10.0 Å². The fourth-order valence-corrected chi connectivity index (χ4v) is 4.02. The Hall–Kier alpha value is -0.130. The molecule has 1 heterocycles. The summed E-state index contributed by atoms with van der Waals surface area (Å²) >= 11 is 0. The number of nitrogens with zero attached hydrogens (tertiary/aromatic N) is 1. The van der Waals surface area contributed by atoms with E-state index in [9.17, 15) is 8.42 Å². The van der Waals surface area contributed by atoms with Gasteiger partial charge in [-0.15, -0.1) is 0 Å². The number of hydrogen-bond donors (Lipinski definition) is 1. The predicted octanol–water partition coefficient (Wildman–Crippen LogP) is 0.963. The van der Waals surface area contributed by atoms with Crippen molar-refractivity contribution in [1.82, 2.24) is 4.31 Å². The maximum absolute atomic E-state index is 11.9. The smallest absolute Gasteiger partial charge is 0.214 e. The van der Waals surface area contributed by atoms with Crippen molar-refractivity contribution in [3.05, 3.63) is 0 Å². The van der Waals surface area contributed by atoms with Gasteiger partial charge >= 0.3 is 0 Å². The molecule has 1 saturated heterocycles. The summed E-state index contributed by atoms with van der Waals surface area (Å²) in [6, 6.07) is 0.212. The van der Waals surface area contributed by atoms with Crippen LogP contribution in [0.1, 0.15) is 39.0 Å². The van der Waals surface area contributed by atoms with Crippen molar-refractivity contribution in [3.63, 3.8) is 0 Å². The van der Waals surface area contributed by atoms with Crippen LogP contribution < -0.4 is 0 Å². The first-order chi connectivity index (χ1) is 7.11. The van der Waals surface area contributed by atoms with E-state index in [1.807, 2.05) is 6.92 Å². The number of rotatable bonds is 6. The highest BCUT2D eigenvalue weighted by Gasteiger charge is 2.32. The monoisotopic (exact) mass is 235 g/mol. The third-order valence-electron chi connectivity index (χ3n) is 2.96. The second-order valence-corrected chi connectivity index (χ2v) is 6.10. The molecule has 4 nitrogen and oxygen atoms in total. The van der Waals surface area contributed by atoms with Crippen LogP contribution in [0.2, 0.25) is 0 Å². The molecule has 0 radical (unpaired) electrons. The summed E-state index contributed by atoms with van der Waals surface area (Å²) in [5, 5.41) is 8.62. The predicted molar refractivity (Wildman–Crippen MR) is 60.1 cm³/mol. The molecule has 1 unspecified atom stereocenters. The lowest BCUT2D eigenvalue weighted by atomic mass is 10.2. The fourth-order valence-electron chi connectivity index (χ4n) is 2.10. The van der Waals surface area contributed by atoms with Crippen LogP contribution in [0.15, 0.2) is 0 Å². The lowest BCUT2D eigenvalue weighted by Gasteiger charge is -2.22. The minimum absolute atomic E-state index is 0.0761. The van der Waals surface area contributed by atoms with Gasteiger partial charge in [-0.1, -0.05) is 6.92 Å². The quantitative estimate of drug-likeness (QED) is 0.698. The second kappa shape index (κ2) is 5.82. The molecule has 1 aliphatic rings. The van der Waals surface area contributed by atoms with E-state index in [0.29, 0.717) is 19.4 Å². The summed E-state index contributed by atoms with van der Waals surface area (Å²) in [5.41, 5.74) is 0. The van der Waals surface area contributed by atoms with Gasteiger partial charge in [0.25, 0.3) is 0 Å². The zero-order valence-corrected chi connectivity index (χ0v) is 10.2. The maximum Gasteiger partial charge on any atom is 0.214 e. The molecule has 90 valence electrons. The number of hydrogen-bond acceptors (Lipinski definition) is 3. The molecular weight excluding hydrogens is 214 g/mol. The molecule has 0 aromatic rings. The van der Waals surface area contributed by atoms with Crippen LogP contribution in [0.4, 0.5) is 0 Å². The van der Waals surface area contributed by atoms with Crippen molar-refractivity contribution in [1.29, 1.82) is 0 Å². The first kappa shape index (κ1) is 12.9. The van der Waals surface area contributed by atoms with Crippen LogP contribution >= 0.6 is 0 Å². The Morgan fingerprint density at radius 3 is 2.73 bits per heavy atom. The van der Waals surface area contributed by atoms with Crippen molar-refractivity contribution in [2.75, 3.05) is 18.9 Å². The molecule has 1 atom stereocenters. The van der Waals surface area contributed by atoms with Gasteiger partial charge in [-0.3, -0.25) is 0 Å². The van der Waals surface area contributed by atoms with Crippen LogP contribution in [0.3, 0.4) is 0 Å². The molecule has 5 heteroatoms. The Morgan fingerprint density at radius 2 is 2.13 bits per heavy atom. The van der Waals surface area contributed by atoms with E-state index in [1.54, 1.807) is 4.31 Å².